The van der Waals surface area contributed by atoms with Gasteiger partial charge in [-0.25, -0.2) is 9.69 Å². The van der Waals surface area contributed by atoms with Gasteiger partial charge in [0.1, 0.15) is 18.7 Å². The van der Waals surface area contributed by atoms with Gasteiger partial charge in [-0.15, -0.1) is 0 Å². The number of ether oxygens (including phenoxy) is 1. The second-order valence-electron chi connectivity index (χ2n) is 9.19. The predicted octanol–water partition coefficient (Wildman–Crippen LogP) is 4.14. The summed E-state index contributed by atoms with van der Waals surface area (Å²) in [5, 5.41) is 10.6. The topological polar surface area (TPSA) is 121 Å². The van der Waals surface area contributed by atoms with Crippen molar-refractivity contribution >= 4 is 50.7 Å². The molecule has 1 unspecified atom stereocenters. The zero-order chi connectivity index (χ0) is 27.1. The molecule has 1 aliphatic heterocycles. The molecule has 0 saturated carbocycles. The van der Waals surface area contributed by atoms with Crippen LogP contribution in [0.25, 0.3) is 11.0 Å². The maximum Gasteiger partial charge on any atom is 0.414 e. The van der Waals surface area contributed by atoms with E-state index >= 15 is 0 Å². The van der Waals surface area contributed by atoms with E-state index < -0.39 is 48.5 Å². The third kappa shape index (κ3) is 4.66. The van der Waals surface area contributed by atoms with Crippen molar-refractivity contribution in [3.63, 3.8) is 0 Å². The lowest BCUT2D eigenvalue weighted by Crippen LogP contribution is -2.64. The first-order chi connectivity index (χ1) is 17.5. The zero-order valence-electron chi connectivity index (χ0n) is 20.7. The Hall–Kier alpha value is -3.86. The van der Waals surface area contributed by atoms with Gasteiger partial charge in [-0.2, -0.15) is 0 Å². The molecule has 0 bridgehead atoms. The molecule has 2 aromatic carbocycles. The van der Waals surface area contributed by atoms with Crippen molar-refractivity contribution in [2.75, 3.05) is 27.2 Å². The molecule has 3 aromatic rings. The highest BCUT2D eigenvalue weighted by molar-refractivity contribution is 9.10. The largest absolute Gasteiger partial charge is 0.486 e. The average Bonchev–Trinajstić information content (AvgIpc) is 3.18. The van der Waals surface area contributed by atoms with Gasteiger partial charge in [0.05, 0.1) is 11.4 Å². The van der Waals surface area contributed by atoms with Crippen molar-refractivity contribution in [1.29, 1.82) is 0 Å². The van der Waals surface area contributed by atoms with E-state index in [2.05, 4.69) is 15.9 Å². The van der Waals surface area contributed by atoms with E-state index in [4.69, 9.17) is 9.15 Å². The Labute approximate surface area is 221 Å². The molecule has 11 heteroatoms. The highest BCUT2D eigenvalue weighted by atomic mass is 79.9. The summed E-state index contributed by atoms with van der Waals surface area (Å²) in [4.78, 5) is 56.0. The molecule has 0 radical (unpaired) electrons. The number of likely N-dealkylation sites (N-methyl/N-ethyl adjacent to an activating group) is 1. The van der Waals surface area contributed by atoms with Crippen LogP contribution in [0.2, 0.25) is 0 Å². The first-order valence-corrected chi connectivity index (χ1v) is 12.2. The van der Waals surface area contributed by atoms with Crippen molar-refractivity contribution in [2.45, 2.75) is 25.4 Å². The molecule has 4 amide bonds. The Morgan fingerprint density at radius 1 is 1.16 bits per heavy atom. The summed E-state index contributed by atoms with van der Waals surface area (Å²) in [6.07, 6.45) is -1.50. The molecule has 0 aliphatic carbocycles. The number of imide groups is 1. The molecule has 37 heavy (non-hydrogen) atoms. The molecule has 2 atom stereocenters. The smallest absolute Gasteiger partial charge is 0.414 e. The lowest BCUT2D eigenvalue weighted by atomic mass is 9.96. The third-order valence-electron chi connectivity index (χ3n) is 6.49. The second-order valence-corrected chi connectivity index (χ2v) is 10.1. The summed E-state index contributed by atoms with van der Waals surface area (Å²) in [5.41, 5.74) is -0.888. The van der Waals surface area contributed by atoms with Crippen LogP contribution in [0.4, 0.5) is 4.79 Å². The van der Waals surface area contributed by atoms with Crippen LogP contribution in [-0.4, -0.2) is 76.4 Å². The van der Waals surface area contributed by atoms with Crippen molar-refractivity contribution in [2.24, 2.45) is 0 Å². The van der Waals surface area contributed by atoms with Gasteiger partial charge >= 0.3 is 6.09 Å². The molecule has 0 saturated heterocycles. The van der Waals surface area contributed by atoms with E-state index in [0.717, 1.165) is 9.37 Å². The Kier molecular flexibility index (Phi) is 7.00. The number of furan rings is 1. The van der Waals surface area contributed by atoms with E-state index in [-0.39, 0.29) is 11.5 Å². The van der Waals surface area contributed by atoms with Gasteiger partial charge in [0.25, 0.3) is 11.8 Å². The monoisotopic (exact) mass is 571 g/mol. The number of carbonyl (C=O) groups is 4. The summed E-state index contributed by atoms with van der Waals surface area (Å²) >= 11 is 3.36. The van der Waals surface area contributed by atoms with E-state index in [0.29, 0.717) is 21.4 Å². The van der Waals surface area contributed by atoms with Crippen LogP contribution in [0, 0.1) is 0 Å². The van der Waals surface area contributed by atoms with Crippen LogP contribution in [0.3, 0.4) is 0 Å². The number of carboxylic acid groups (broad SMARTS) is 1. The summed E-state index contributed by atoms with van der Waals surface area (Å²) in [7, 11) is 3.04. The molecule has 1 N–H and O–H groups in total. The highest BCUT2D eigenvalue weighted by Crippen LogP contribution is 2.40. The number of rotatable bonds is 5. The quantitative estimate of drug-likeness (QED) is 0.488. The first-order valence-electron chi connectivity index (χ1n) is 11.4. The van der Waals surface area contributed by atoms with Crippen LogP contribution >= 0.6 is 15.9 Å². The standard InChI is InChI=1S/C26H26BrN3O7/c1-15(16-8-6-5-7-9-16)30(25(34)35)24(33)26(2)14-36-21-18-11-10-17(27)12-19(18)37-22(21)23(32)29(26)13-20(31)28(3)4/h5-12,15H,13-14H2,1-4H3,(H,34,35)/t15-,26?/m0/s1. The van der Waals surface area contributed by atoms with Gasteiger partial charge in [-0.3, -0.25) is 14.4 Å². The summed E-state index contributed by atoms with van der Waals surface area (Å²) in [6, 6.07) is 12.9. The van der Waals surface area contributed by atoms with Crippen LogP contribution < -0.4 is 4.74 Å². The Bertz CT molecular complexity index is 1390. The third-order valence-corrected chi connectivity index (χ3v) is 6.98. The number of hydrogen-bond acceptors (Lipinski definition) is 6. The number of fused-ring (bicyclic) bond motifs is 3. The molecule has 0 spiro atoms. The molecule has 2 heterocycles. The van der Waals surface area contributed by atoms with Crippen LogP contribution in [0.1, 0.15) is 36.0 Å². The van der Waals surface area contributed by atoms with Gasteiger partial charge in [-0.05, 0) is 37.6 Å². The number of benzene rings is 2. The molecular weight excluding hydrogens is 546 g/mol. The minimum Gasteiger partial charge on any atom is -0.486 e. The van der Waals surface area contributed by atoms with Gasteiger partial charge in [-0.1, -0.05) is 46.3 Å². The maximum absolute atomic E-state index is 14.0. The Balaban J connectivity index is 1.82. The molecule has 1 aromatic heterocycles. The van der Waals surface area contributed by atoms with E-state index in [1.54, 1.807) is 55.5 Å². The van der Waals surface area contributed by atoms with Crippen molar-refractivity contribution in [3.05, 3.63) is 64.3 Å². The predicted molar refractivity (Wildman–Crippen MR) is 137 cm³/mol. The Morgan fingerprint density at radius 2 is 1.84 bits per heavy atom. The molecule has 0 fully saturated rings. The van der Waals surface area contributed by atoms with Gasteiger partial charge in [0, 0.05) is 18.6 Å². The Morgan fingerprint density at radius 3 is 2.46 bits per heavy atom. The fourth-order valence-electron chi connectivity index (χ4n) is 4.24. The van der Waals surface area contributed by atoms with E-state index in [9.17, 15) is 24.3 Å². The number of halogens is 1. The fourth-order valence-corrected chi connectivity index (χ4v) is 4.58. The minimum atomic E-state index is -1.85. The summed E-state index contributed by atoms with van der Waals surface area (Å²) in [5.74, 6) is -2.18. The molecule has 1 aliphatic rings. The number of amides is 4. The van der Waals surface area contributed by atoms with Crippen molar-refractivity contribution in [3.8, 4) is 5.75 Å². The van der Waals surface area contributed by atoms with Gasteiger partial charge in [0.15, 0.2) is 11.3 Å². The molecule has 10 nitrogen and oxygen atoms in total. The summed E-state index contributed by atoms with van der Waals surface area (Å²) < 4.78 is 12.5. The van der Waals surface area contributed by atoms with Gasteiger partial charge in [0.2, 0.25) is 11.7 Å². The van der Waals surface area contributed by atoms with E-state index in [1.165, 1.54) is 25.9 Å². The zero-order valence-corrected chi connectivity index (χ0v) is 22.3. The lowest BCUT2D eigenvalue weighted by molar-refractivity contribution is -0.145. The van der Waals surface area contributed by atoms with Crippen molar-refractivity contribution in [1.82, 2.24) is 14.7 Å². The SMILES string of the molecule is C[C@@H](c1ccccc1)N(C(=O)O)C(=O)C1(C)COc2c(oc3cc(Br)ccc23)C(=O)N1CC(=O)N(C)C. The van der Waals surface area contributed by atoms with Gasteiger partial charge < -0.3 is 24.1 Å². The average molecular weight is 572 g/mol. The molecule has 194 valence electrons. The van der Waals surface area contributed by atoms with Crippen LogP contribution in [-0.2, 0) is 9.59 Å². The second kappa shape index (κ2) is 9.89. The maximum atomic E-state index is 14.0. The van der Waals surface area contributed by atoms with Crippen LogP contribution in [0.5, 0.6) is 5.75 Å². The fraction of sp³-hybridized carbons (Fsp3) is 0.308. The number of carbonyl (C=O) groups excluding carboxylic acids is 3. The first kappa shape index (κ1) is 26.2. The molecule has 4 rings (SSSR count). The minimum absolute atomic E-state index is 0.129. The summed E-state index contributed by atoms with van der Waals surface area (Å²) in [6.45, 7) is 2.08. The highest BCUT2D eigenvalue weighted by Gasteiger charge is 2.52. The normalized spacial score (nSPS) is 18.0. The van der Waals surface area contributed by atoms with Crippen molar-refractivity contribution < 1.29 is 33.4 Å². The van der Waals surface area contributed by atoms with Crippen LogP contribution in [0.15, 0.2) is 57.4 Å². The number of nitrogens with zero attached hydrogens (tertiary/aromatic N) is 3. The van der Waals surface area contributed by atoms with E-state index in [1.807, 2.05) is 0 Å². The number of hydrogen-bond donors (Lipinski definition) is 1. The lowest BCUT2D eigenvalue weighted by Gasteiger charge is -2.40. The molecular formula is C26H26BrN3O7.